The minimum Gasteiger partial charge on any atom is -0.459 e. The van der Waals surface area contributed by atoms with E-state index in [1.54, 1.807) is 51.1 Å². The molecule has 10 heteroatoms. The Hall–Kier alpha value is -2.79. The maximum Gasteiger partial charge on any atom is 0.343 e. The molecule has 10 nitrogen and oxygen atoms in total. The lowest BCUT2D eigenvalue weighted by molar-refractivity contribution is -0.340. The zero-order valence-corrected chi connectivity index (χ0v) is 22.8. The number of ether oxygens (including phenoxy) is 3. The fourth-order valence-corrected chi connectivity index (χ4v) is 8.25. The fraction of sp³-hybridized carbons (Fsp3) is 0.621. The quantitative estimate of drug-likeness (QED) is 0.248. The predicted octanol–water partition coefficient (Wildman–Crippen LogP) is 1.43. The summed E-state index contributed by atoms with van der Waals surface area (Å²) in [4.78, 5) is 39.4. The van der Waals surface area contributed by atoms with Gasteiger partial charge in [0.05, 0.1) is 23.7 Å². The number of aliphatic hydroxyl groups is 4. The number of aliphatic hydroxyl groups excluding tert-OH is 2. The molecule has 1 aromatic carbocycles. The molecule has 0 aromatic heterocycles. The van der Waals surface area contributed by atoms with E-state index in [1.807, 2.05) is 0 Å². The number of carbonyl (C=O) groups is 3. The van der Waals surface area contributed by atoms with E-state index < -0.39 is 76.4 Å². The van der Waals surface area contributed by atoms with Crippen molar-refractivity contribution < 1.29 is 49.0 Å². The first-order valence-corrected chi connectivity index (χ1v) is 13.2. The number of benzene rings is 1. The molecule has 3 aliphatic carbocycles. The zero-order chi connectivity index (χ0) is 28.8. The molecule has 212 valence electrons. The smallest absolute Gasteiger partial charge is 0.343 e. The lowest BCUT2D eigenvalue weighted by Gasteiger charge is -2.71. The Balaban J connectivity index is 1.83. The van der Waals surface area contributed by atoms with Crippen LogP contribution in [0.3, 0.4) is 0 Å². The van der Waals surface area contributed by atoms with E-state index in [0.717, 1.165) is 6.92 Å². The van der Waals surface area contributed by atoms with Crippen LogP contribution in [0.15, 0.2) is 41.5 Å². The minimum absolute atomic E-state index is 0.225. The van der Waals surface area contributed by atoms with Crippen LogP contribution in [-0.2, 0) is 23.8 Å². The van der Waals surface area contributed by atoms with Crippen LogP contribution < -0.4 is 0 Å². The Morgan fingerprint density at radius 1 is 1.10 bits per heavy atom. The number of allylic oxidation sites excluding steroid dienone is 1. The highest BCUT2D eigenvalue weighted by atomic mass is 16.6. The van der Waals surface area contributed by atoms with Gasteiger partial charge in [0.15, 0.2) is 5.60 Å². The summed E-state index contributed by atoms with van der Waals surface area (Å²) in [6.45, 7) is 6.71. The van der Waals surface area contributed by atoms with E-state index in [4.69, 9.17) is 14.2 Å². The van der Waals surface area contributed by atoms with Crippen LogP contribution in [-0.4, -0.2) is 80.1 Å². The van der Waals surface area contributed by atoms with E-state index >= 15 is 0 Å². The van der Waals surface area contributed by atoms with Crippen LogP contribution in [0.25, 0.3) is 0 Å². The predicted molar refractivity (Wildman–Crippen MR) is 135 cm³/mol. The third-order valence-electron chi connectivity index (χ3n) is 10.1. The summed E-state index contributed by atoms with van der Waals surface area (Å²) in [7, 11) is 0. The second-order valence-electron chi connectivity index (χ2n) is 12.2. The molecule has 0 spiro atoms. The SMILES string of the molecule is CC(=O)OC1CC(O)C2(C)C(C(OC(=O)c3ccccc3)C34CCC(C)=C3C2(O)C(=O)OC4(C)C)C1(O)CO. The number of esters is 3. The summed E-state index contributed by atoms with van der Waals surface area (Å²) in [6.07, 6.45) is -3.92. The summed E-state index contributed by atoms with van der Waals surface area (Å²) in [5.74, 6) is -3.94. The first kappa shape index (κ1) is 27.8. The summed E-state index contributed by atoms with van der Waals surface area (Å²) in [5.41, 5.74) is -8.07. The van der Waals surface area contributed by atoms with Crippen molar-refractivity contribution in [3.05, 3.63) is 47.0 Å². The Morgan fingerprint density at radius 3 is 2.33 bits per heavy atom. The van der Waals surface area contributed by atoms with Crippen LogP contribution in [0, 0.1) is 16.7 Å². The zero-order valence-electron chi connectivity index (χ0n) is 22.8. The van der Waals surface area contributed by atoms with Crippen molar-refractivity contribution in [2.24, 2.45) is 16.7 Å². The number of fused-ring (bicyclic) bond motifs is 2. The second kappa shape index (κ2) is 8.60. The molecule has 8 unspecified atom stereocenters. The first-order valence-electron chi connectivity index (χ1n) is 13.2. The molecule has 1 aromatic rings. The number of hydrogen-bond acceptors (Lipinski definition) is 10. The summed E-state index contributed by atoms with van der Waals surface area (Å²) in [5, 5.41) is 47.1. The Bertz CT molecular complexity index is 1260. The molecule has 1 saturated heterocycles. The molecule has 0 amide bonds. The fourth-order valence-electron chi connectivity index (χ4n) is 8.25. The largest absolute Gasteiger partial charge is 0.459 e. The highest BCUT2D eigenvalue weighted by Crippen LogP contribution is 2.74. The number of cyclic esters (lactones) is 1. The Labute approximate surface area is 226 Å². The van der Waals surface area contributed by atoms with Crippen molar-refractivity contribution in [3.8, 4) is 0 Å². The number of rotatable bonds is 4. The van der Waals surface area contributed by atoms with Crippen molar-refractivity contribution in [1.29, 1.82) is 0 Å². The average molecular weight is 545 g/mol. The third-order valence-corrected chi connectivity index (χ3v) is 10.1. The molecule has 5 rings (SSSR count). The second-order valence-corrected chi connectivity index (χ2v) is 12.2. The maximum absolute atomic E-state index is 13.8. The summed E-state index contributed by atoms with van der Waals surface area (Å²) < 4.78 is 17.6. The summed E-state index contributed by atoms with van der Waals surface area (Å²) >= 11 is 0. The van der Waals surface area contributed by atoms with Crippen molar-refractivity contribution in [3.63, 3.8) is 0 Å². The highest BCUT2D eigenvalue weighted by Gasteiger charge is 2.85. The molecule has 1 aliphatic heterocycles. The molecule has 4 N–H and O–H groups in total. The van der Waals surface area contributed by atoms with E-state index in [2.05, 4.69) is 0 Å². The molecule has 2 bridgehead atoms. The van der Waals surface area contributed by atoms with Gasteiger partial charge in [-0.3, -0.25) is 4.79 Å². The van der Waals surface area contributed by atoms with Crippen LogP contribution in [0.1, 0.15) is 64.2 Å². The van der Waals surface area contributed by atoms with Gasteiger partial charge in [0, 0.05) is 24.7 Å². The van der Waals surface area contributed by atoms with Gasteiger partial charge in [0.2, 0.25) is 0 Å². The van der Waals surface area contributed by atoms with Gasteiger partial charge < -0.3 is 34.6 Å². The first-order chi connectivity index (χ1) is 18.1. The molecule has 3 fully saturated rings. The molecule has 2 saturated carbocycles. The van der Waals surface area contributed by atoms with Crippen molar-refractivity contribution >= 4 is 17.9 Å². The number of hydrogen-bond donors (Lipinski definition) is 4. The molecular weight excluding hydrogens is 508 g/mol. The van der Waals surface area contributed by atoms with E-state index in [-0.39, 0.29) is 12.0 Å². The molecular formula is C29H36O10. The van der Waals surface area contributed by atoms with Crippen molar-refractivity contribution in [1.82, 2.24) is 0 Å². The molecule has 1 heterocycles. The normalized spacial score (nSPS) is 42.2. The van der Waals surface area contributed by atoms with Crippen molar-refractivity contribution in [2.75, 3.05) is 6.61 Å². The molecule has 0 radical (unpaired) electrons. The number of carbonyl (C=O) groups excluding carboxylic acids is 3. The summed E-state index contributed by atoms with van der Waals surface area (Å²) in [6, 6.07) is 8.21. The average Bonchev–Trinajstić information content (AvgIpc) is 3.24. The minimum atomic E-state index is -2.42. The Kier molecular flexibility index (Phi) is 6.12. The monoisotopic (exact) mass is 544 g/mol. The van der Waals surface area contributed by atoms with Gasteiger partial charge in [0.25, 0.3) is 0 Å². The molecule has 8 atom stereocenters. The maximum atomic E-state index is 13.8. The van der Waals surface area contributed by atoms with Gasteiger partial charge in [-0.2, -0.15) is 0 Å². The highest BCUT2D eigenvalue weighted by molar-refractivity contribution is 5.91. The third kappa shape index (κ3) is 3.26. The van der Waals surface area contributed by atoms with Crippen LogP contribution in [0.5, 0.6) is 0 Å². The van der Waals surface area contributed by atoms with Crippen LogP contribution in [0.4, 0.5) is 0 Å². The molecule has 39 heavy (non-hydrogen) atoms. The van der Waals surface area contributed by atoms with Gasteiger partial charge >= 0.3 is 17.9 Å². The van der Waals surface area contributed by atoms with Crippen molar-refractivity contribution in [2.45, 2.75) is 89.0 Å². The standard InChI is InChI=1S/C29H36O10/c1-15-11-12-27-20(15)29(36,24(34)39-25(27,3)4)26(5)18(32)13-19(37-16(2)31)28(35,14-30)21(26)22(27)38-23(33)17-9-7-6-8-10-17/h6-10,18-19,21-22,30,32,35-36H,11-14H2,1-5H3. The lowest BCUT2D eigenvalue weighted by Crippen LogP contribution is -2.85. The van der Waals surface area contributed by atoms with E-state index in [1.165, 1.54) is 6.92 Å². The van der Waals surface area contributed by atoms with Gasteiger partial charge in [-0.15, -0.1) is 0 Å². The van der Waals surface area contributed by atoms with Gasteiger partial charge in [0.1, 0.15) is 23.4 Å². The van der Waals surface area contributed by atoms with Gasteiger partial charge in [-0.1, -0.05) is 30.7 Å². The molecule has 4 aliphatic rings. The topological polar surface area (TPSA) is 160 Å². The van der Waals surface area contributed by atoms with Gasteiger partial charge in [-0.25, -0.2) is 9.59 Å². The Morgan fingerprint density at radius 2 is 1.74 bits per heavy atom. The van der Waals surface area contributed by atoms with E-state index in [0.29, 0.717) is 24.0 Å². The lowest BCUT2D eigenvalue weighted by atomic mass is 9.38. The van der Waals surface area contributed by atoms with Crippen LogP contribution >= 0.6 is 0 Å². The van der Waals surface area contributed by atoms with Crippen LogP contribution in [0.2, 0.25) is 0 Å². The van der Waals surface area contributed by atoms with E-state index in [9.17, 15) is 34.8 Å². The van der Waals surface area contributed by atoms with Gasteiger partial charge in [-0.05, 0) is 51.3 Å².